The van der Waals surface area contributed by atoms with Crippen LogP contribution in [0.15, 0.2) is 84.4 Å². The smallest absolute Gasteiger partial charge is 0.128 e. The number of hydrogen-bond acceptors (Lipinski definition) is 5. The normalized spacial score (nSPS) is 10.8. The fraction of sp³-hybridized carbons (Fsp3) is 0.0435. The number of nitriles is 1. The molecule has 0 saturated carbocycles. The summed E-state index contributed by atoms with van der Waals surface area (Å²) in [6, 6.07) is 26.7. The fourth-order valence-corrected chi connectivity index (χ4v) is 2.85. The number of benzene rings is 3. The summed E-state index contributed by atoms with van der Waals surface area (Å²) in [6.07, 6.45) is 1.24. The monoisotopic (exact) mass is 369 g/mol. The van der Waals surface area contributed by atoms with Crippen LogP contribution in [-0.2, 0) is 4.79 Å². The van der Waals surface area contributed by atoms with E-state index in [9.17, 15) is 9.90 Å². The summed E-state index contributed by atoms with van der Waals surface area (Å²) in [7, 11) is 1.50. The lowest BCUT2D eigenvalue weighted by Crippen LogP contribution is -2.23. The van der Waals surface area contributed by atoms with Gasteiger partial charge in [-0.2, -0.15) is 5.26 Å². The molecule has 0 aromatic heterocycles. The number of methoxy groups -OCH3 is 1. The summed E-state index contributed by atoms with van der Waals surface area (Å²) in [5, 5.41) is 20.0. The fourth-order valence-electron chi connectivity index (χ4n) is 2.85. The molecule has 3 aromatic carbocycles. The second-order valence-electron chi connectivity index (χ2n) is 5.89. The van der Waals surface area contributed by atoms with Crippen molar-refractivity contribution in [3.63, 3.8) is 0 Å². The van der Waals surface area contributed by atoms with Crippen molar-refractivity contribution in [1.82, 2.24) is 0 Å². The van der Waals surface area contributed by atoms with Gasteiger partial charge in [0, 0.05) is 28.7 Å². The Labute approximate surface area is 163 Å². The van der Waals surface area contributed by atoms with Crippen LogP contribution in [0, 0.1) is 11.3 Å². The molecule has 0 fully saturated rings. The van der Waals surface area contributed by atoms with Crippen LogP contribution >= 0.6 is 0 Å². The minimum Gasteiger partial charge on any atom is -0.544 e. The molecular formula is C23H17N2O3-. The van der Waals surface area contributed by atoms with Gasteiger partial charge in [0.25, 0.3) is 0 Å². The Bertz CT molecular complexity index is 999. The zero-order chi connectivity index (χ0) is 19.9. The number of carbonyl (C=O) groups is 1. The molecule has 3 aromatic rings. The molecule has 0 amide bonds. The van der Waals surface area contributed by atoms with Crippen LogP contribution in [0.5, 0.6) is 5.75 Å². The molecular weight excluding hydrogens is 352 g/mol. The second-order valence-corrected chi connectivity index (χ2v) is 5.89. The number of carboxylic acid groups (broad SMARTS) is 1. The van der Waals surface area contributed by atoms with E-state index in [-0.39, 0.29) is 0 Å². The molecule has 0 bridgehead atoms. The van der Waals surface area contributed by atoms with Gasteiger partial charge in [0.2, 0.25) is 0 Å². The van der Waals surface area contributed by atoms with Gasteiger partial charge >= 0.3 is 0 Å². The van der Waals surface area contributed by atoms with E-state index in [1.165, 1.54) is 13.2 Å². The number of carboxylic acids is 1. The van der Waals surface area contributed by atoms with Gasteiger partial charge < -0.3 is 19.5 Å². The number of nitrogens with zero attached hydrogens (tertiary/aromatic N) is 2. The molecule has 0 atom stereocenters. The predicted molar refractivity (Wildman–Crippen MR) is 106 cm³/mol. The van der Waals surface area contributed by atoms with Crippen molar-refractivity contribution in [3.05, 3.63) is 90.0 Å². The first kappa shape index (κ1) is 18.7. The first-order valence-electron chi connectivity index (χ1n) is 8.55. The molecule has 0 aliphatic rings. The lowest BCUT2D eigenvalue weighted by Gasteiger charge is -2.26. The lowest BCUT2D eigenvalue weighted by molar-refractivity contribution is -0.298. The minimum atomic E-state index is -1.52. The number of ether oxygens (including phenoxy) is 1. The van der Waals surface area contributed by atoms with E-state index >= 15 is 0 Å². The van der Waals surface area contributed by atoms with Gasteiger partial charge in [0.1, 0.15) is 11.8 Å². The van der Waals surface area contributed by atoms with Crippen LogP contribution in [0.2, 0.25) is 0 Å². The van der Waals surface area contributed by atoms with E-state index in [0.29, 0.717) is 11.3 Å². The van der Waals surface area contributed by atoms with Crippen LogP contribution in [0.4, 0.5) is 17.1 Å². The third kappa shape index (κ3) is 4.02. The van der Waals surface area contributed by atoms with Gasteiger partial charge in [-0.25, -0.2) is 0 Å². The van der Waals surface area contributed by atoms with Gasteiger partial charge in [-0.15, -0.1) is 0 Å². The first-order chi connectivity index (χ1) is 13.6. The maximum Gasteiger partial charge on any atom is 0.128 e. The molecule has 0 aliphatic carbocycles. The van der Waals surface area contributed by atoms with Crippen molar-refractivity contribution in [2.24, 2.45) is 0 Å². The molecule has 0 saturated heterocycles. The van der Waals surface area contributed by atoms with E-state index in [2.05, 4.69) is 4.90 Å². The van der Waals surface area contributed by atoms with Gasteiger partial charge in [-0.3, -0.25) is 0 Å². The van der Waals surface area contributed by atoms with Gasteiger partial charge in [-0.1, -0.05) is 36.4 Å². The van der Waals surface area contributed by atoms with E-state index < -0.39 is 11.5 Å². The number of rotatable bonds is 6. The maximum atomic E-state index is 11.0. The Kier molecular flexibility index (Phi) is 5.73. The highest BCUT2D eigenvalue weighted by atomic mass is 16.5. The quantitative estimate of drug-likeness (QED) is 0.488. The number of anilines is 3. The van der Waals surface area contributed by atoms with E-state index in [1.54, 1.807) is 18.2 Å². The number of aliphatic carboxylic acids is 1. The summed E-state index contributed by atoms with van der Waals surface area (Å²) in [5.41, 5.74) is 2.78. The molecule has 28 heavy (non-hydrogen) atoms. The Hall–Kier alpha value is -4.04. The van der Waals surface area contributed by atoms with Crippen molar-refractivity contribution in [3.8, 4) is 11.8 Å². The highest BCUT2D eigenvalue weighted by Crippen LogP contribution is 2.37. The Balaban J connectivity index is 2.12. The van der Waals surface area contributed by atoms with E-state index in [1.807, 2.05) is 66.7 Å². The Morgan fingerprint density at radius 2 is 1.54 bits per heavy atom. The van der Waals surface area contributed by atoms with Crippen molar-refractivity contribution in [1.29, 1.82) is 5.26 Å². The number of para-hydroxylation sites is 2. The Morgan fingerprint density at radius 3 is 2.00 bits per heavy atom. The average molecular weight is 369 g/mol. The molecule has 0 spiro atoms. The minimum absolute atomic E-state index is 0.448. The van der Waals surface area contributed by atoms with Crippen LogP contribution in [-0.4, -0.2) is 13.1 Å². The molecule has 0 aliphatic heterocycles. The van der Waals surface area contributed by atoms with Crippen LogP contribution in [0.1, 0.15) is 5.56 Å². The molecule has 138 valence electrons. The zero-order valence-electron chi connectivity index (χ0n) is 15.2. The van der Waals surface area contributed by atoms with Gasteiger partial charge in [0.15, 0.2) is 0 Å². The summed E-state index contributed by atoms with van der Waals surface area (Å²) in [5.74, 6) is -1.08. The topological polar surface area (TPSA) is 76.4 Å². The maximum absolute atomic E-state index is 11.0. The standard InChI is InChI=1S/C23H18N2O3/c1-28-22-15-21(13-12-17(22)14-18(16-24)23(26)27)25(19-8-4-2-5-9-19)20-10-6-3-7-11-20/h2-15H,1H3,(H,26,27)/p-1. The third-order valence-corrected chi connectivity index (χ3v) is 4.14. The highest BCUT2D eigenvalue weighted by molar-refractivity contribution is 5.95. The third-order valence-electron chi connectivity index (χ3n) is 4.14. The van der Waals surface area contributed by atoms with Gasteiger partial charge in [-0.05, 0) is 42.5 Å². The number of carbonyl (C=O) groups excluding carboxylic acids is 1. The van der Waals surface area contributed by atoms with Crippen LogP contribution in [0.25, 0.3) is 6.08 Å². The SMILES string of the molecule is COc1cc(N(c2ccccc2)c2ccccc2)ccc1C=C(C#N)C(=O)[O-]. The summed E-state index contributed by atoms with van der Waals surface area (Å²) < 4.78 is 5.44. The first-order valence-corrected chi connectivity index (χ1v) is 8.55. The highest BCUT2D eigenvalue weighted by Gasteiger charge is 2.14. The van der Waals surface area contributed by atoms with Crippen LogP contribution in [0.3, 0.4) is 0 Å². The second kappa shape index (κ2) is 8.56. The molecule has 0 radical (unpaired) electrons. The molecule has 5 nitrogen and oxygen atoms in total. The summed E-state index contributed by atoms with van der Waals surface area (Å²) >= 11 is 0. The van der Waals surface area contributed by atoms with Crippen molar-refractivity contribution >= 4 is 29.1 Å². The average Bonchev–Trinajstić information content (AvgIpc) is 2.74. The molecule has 0 heterocycles. The lowest BCUT2D eigenvalue weighted by atomic mass is 10.1. The van der Waals surface area contributed by atoms with Crippen molar-refractivity contribution in [2.75, 3.05) is 12.0 Å². The summed E-state index contributed by atoms with van der Waals surface area (Å²) in [4.78, 5) is 13.1. The Morgan fingerprint density at radius 1 is 0.964 bits per heavy atom. The molecule has 3 rings (SSSR count). The van der Waals surface area contributed by atoms with Gasteiger partial charge in [0.05, 0.1) is 18.7 Å². The largest absolute Gasteiger partial charge is 0.544 e. The molecule has 0 N–H and O–H groups in total. The number of hydrogen-bond donors (Lipinski definition) is 0. The molecule has 5 heteroatoms. The zero-order valence-corrected chi connectivity index (χ0v) is 15.2. The van der Waals surface area contributed by atoms with Crippen LogP contribution < -0.4 is 14.7 Å². The van der Waals surface area contributed by atoms with E-state index in [0.717, 1.165) is 17.1 Å². The van der Waals surface area contributed by atoms with E-state index in [4.69, 9.17) is 10.00 Å². The van der Waals surface area contributed by atoms with Crippen molar-refractivity contribution in [2.45, 2.75) is 0 Å². The van der Waals surface area contributed by atoms with Crippen molar-refractivity contribution < 1.29 is 14.6 Å². The summed E-state index contributed by atoms with van der Waals surface area (Å²) in [6.45, 7) is 0. The molecule has 0 unspecified atom stereocenters. The predicted octanol–water partition coefficient (Wildman–Crippen LogP) is 3.82.